The van der Waals surface area contributed by atoms with E-state index < -0.39 is 23.6 Å². The molecule has 0 aliphatic rings. The largest absolute Gasteiger partial charge is 0.449 e. The fourth-order valence-electron chi connectivity index (χ4n) is 0.683. The van der Waals surface area contributed by atoms with Gasteiger partial charge in [-0.2, -0.15) is 13.2 Å². The number of nitrogens with one attached hydrogen (secondary N) is 1. The maximum absolute atomic E-state index is 11.9. The van der Waals surface area contributed by atoms with Crippen molar-refractivity contribution in [3.05, 3.63) is 23.7 Å². The Hall–Kier alpha value is -1.50. The van der Waals surface area contributed by atoms with Crippen LogP contribution in [0.25, 0.3) is 0 Å². The molecule has 3 N–H and O–H groups in total. The lowest BCUT2D eigenvalue weighted by Crippen LogP contribution is -2.29. The molecular weight excluding hydrogens is 189 g/mol. The molecule has 4 nitrogen and oxygen atoms in total. The van der Waals surface area contributed by atoms with Crippen LogP contribution in [0.15, 0.2) is 16.5 Å². The number of halogens is 3. The van der Waals surface area contributed by atoms with Crippen molar-refractivity contribution in [1.82, 2.24) is 5.43 Å². The molecule has 13 heavy (non-hydrogen) atoms. The Bertz CT molecular complexity index is 318. The van der Waals surface area contributed by atoms with Crippen LogP contribution in [0.1, 0.15) is 16.3 Å². The second-order valence-corrected chi connectivity index (χ2v) is 2.14. The summed E-state index contributed by atoms with van der Waals surface area (Å²) >= 11 is 0. The third-order valence-corrected chi connectivity index (χ3v) is 1.24. The van der Waals surface area contributed by atoms with Crippen molar-refractivity contribution in [1.29, 1.82) is 0 Å². The quantitative estimate of drug-likeness (QED) is 0.396. The molecule has 0 fully saturated rings. The monoisotopic (exact) mass is 194 g/mol. The predicted octanol–water partition coefficient (Wildman–Crippen LogP) is 0.902. The summed E-state index contributed by atoms with van der Waals surface area (Å²) in [7, 11) is 0. The van der Waals surface area contributed by atoms with Gasteiger partial charge in [0, 0.05) is 0 Å². The lowest BCUT2D eigenvalue weighted by molar-refractivity contribution is -0.153. The maximum atomic E-state index is 11.9. The zero-order chi connectivity index (χ0) is 10.1. The van der Waals surface area contributed by atoms with Crippen molar-refractivity contribution >= 4 is 5.91 Å². The molecule has 1 heterocycles. The van der Waals surface area contributed by atoms with E-state index in [4.69, 9.17) is 0 Å². The molecule has 0 aliphatic carbocycles. The number of rotatable bonds is 1. The Labute approximate surface area is 70.5 Å². The van der Waals surface area contributed by atoms with E-state index in [2.05, 4.69) is 10.3 Å². The molecule has 1 rings (SSSR count). The van der Waals surface area contributed by atoms with E-state index in [-0.39, 0.29) is 0 Å². The van der Waals surface area contributed by atoms with Gasteiger partial charge >= 0.3 is 12.1 Å². The van der Waals surface area contributed by atoms with Crippen LogP contribution in [-0.2, 0) is 6.18 Å². The van der Waals surface area contributed by atoms with Gasteiger partial charge in [0.1, 0.15) is 0 Å². The second kappa shape index (κ2) is 3.09. The van der Waals surface area contributed by atoms with Crippen LogP contribution in [0.2, 0.25) is 0 Å². The molecule has 0 bridgehead atoms. The first-order chi connectivity index (χ1) is 5.95. The maximum Gasteiger partial charge on any atom is 0.449 e. The molecule has 0 radical (unpaired) electrons. The third-order valence-electron chi connectivity index (χ3n) is 1.24. The predicted molar refractivity (Wildman–Crippen MR) is 35.4 cm³/mol. The van der Waals surface area contributed by atoms with Gasteiger partial charge in [0.2, 0.25) is 5.76 Å². The molecule has 0 aromatic carbocycles. The Morgan fingerprint density at radius 2 is 2.08 bits per heavy atom. The molecule has 0 saturated heterocycles. The zero-order valence-corrected chi connectivity index (χ0v) is 6.18. The van der Waals surface area contributed by atoms with Gasteiger partial charge in [0.25, 0.3) is 0 Å². The molecule has 1 aromatic rings. The number of amides is 1. The van der Waals surface area contributed by atoms with E-state index in [0.717, 1.165) is 6.07 Å². The number of carbonyl (C=O) groups excluding carboxylic acids is 1. The van der Waals surface area contributed by atoms with Gasteiger partial charge in [-0.15, -0.1) is 0 Å². The summed E-state index contributed by atoms with van der Waals surface area (Å²) in [5, 5.41) is 0. The number of carbonyl (C=O) groups is 1. The van der Waals surface area contributed by atoms with E-state index >= 15 is 0 Å². The van der Waals surface area contributed by atoms with Gasteiger partial charge in [-0.05, 0) is 12.1 Å². The van der Waals surface area contributed by atoms with Crippen LogP contribution in [0.5, 0.6) is 0 Å². The van der Waals surface area contributed by atoms with Gasteiger partial charge in [-0.1, -0.05) is 0 Å². The summed E-state index contributed by atoms with van der Waals surface area (Å²) < 4.78 is 39.9. The number of hydrazine groups is 1. The van der Waals surface area contributed by atoms with Crippen molar-refractivity contribution < 1.29 is 22.4 Å². The Morgan fingerprint density at radius 1 is 1.46 bits per heavy atom. The molecule has 0 unspecified atom stereocenters. The lowest BCUT2D eigenvalue weighted by atomic mass is 10.4. The Balaban J connectivity index is 2.93. The van der Waals surface area contributed by atoms with E-state index in [1.807, 2.05) is 0 Å². The SMILES string of the molecule is NNC(=O)c1ccc(C(F)(F)F)o1. The van der Waals surface area contributed by atoms with Crippen molar-refractivity contribution in [3.63, 3.8) is 0 Å². The van der Waals surface area contributed by atoms with Gasteiger partial charge in [0.05, 0.1) is 0 Å². The van der Waals surface area contributed by atoms with Crippen molar-refractivity contribution in [2.75, 3.05) is 0 Å². The minimum atomic E-state index is -4.59. The zero-order valence-electron chi connectivity index (χ0n) is 6.18. The molecule has 1 aromatic heterocycles. The van der Waals surface area contributed by atoms with Crippen LogP contribution < -0.4 is 11.3 Å². The number of alkyl halides is 3. The molecular formula is C6H5F3N2O2. The highest BCUT2D eigenvalue weighted by molar-refractivity contribution is 5.90. The van der Waals surface area contributed by atoms with E-state index in [9.17, 15) is 18.0 Å². The lowest BCUT2D eigenvalue weighted by Gasteiger charge is -2.00. The van der Waals surface area contributed by atoms with Crippen LogP contribution in [0, 0.1) is 0 Å². The summed E-state index contributed by atoms with van der Waals surface area (Å²) in [6.07, 6.45) is -4.59. The molecule has 0 spiro atoms. The fraction of sp³-hybridized carbons (Fsp3) is 0.167. The topological polar surface area (TPSA) is 68.3 Å². The van der Waals surface area contributed by atoms with Crippen molar-refractivity contribution in [3.8, 4) is 0 Å². The summed E-state index contributed by atoms with van der Waals surface area (Å²) in [6, 6.07) is 1.55. The average molecular weight is 194 g/mol. The summed E-state index contributed by atoms with van der Waals surface area (Å²) in [5.41, 5.74) is 1.65. The number of furan rings is 1. The minimum absolute atomic E-state index is 0.477. The Kier molecular flexibility index (Phi) is 2.28. The molecule has 7 heteroatoms. The first-order valence-corrected chi connectivity index (χ1v) is 3.13. The van der Waals surface area contributed by atoms with Crippen LogP contribution >= 0.6 is 0 Å². The molecule has 0 aliphatic heterocycles. The number of hydrogen-bond acceptors (Lipinski definition) is 3. The van der Waals surface area contributed by atoms with Gasteiger partial charge < -0.3 is 4.42 Å². The normalized spacial score (nSPS) is 11.4. The van der Waals surface area contributed by atoms with Crippen LogP contribution in [0.4, 0.5) is 13.2 Å². The van der Waals surface area contributed by atoms with Crippen molar-refractivity contribution in [2.45, 2.75) is 6.18 Å². The van der Waals surface area contributed by atoms with Crippen molar-refractivity contribution in [2.24, 2.45) is 5.84 Å². The highest BCUT2D eigenvalue weighted by Crippen LogP contribution is 2.30. The number of nitrogen functional groups attached to an aromatic ring is 1. The average Bonchev–Trinajstić information content (AvgIpc) is 2.50. The molecule has 0 saturated carbocycles. The van der Waals surface area contributed by atoms with Gasteiger partial charge in [0.15, 0.2) is 5.76 Å². The van der Waals surface area contributed by atoms with E-state index in [1.54, 1.807) is 5.43 Å². The standard InChI is InChI=1S/C6H5F3N2O2/c7-6(8,9)4-2-1-3(13-4)5(12)11-10/h1-2H,10H2,(H,11,12). The first-order valence-electron chi connectivity index (χ1n) is 3.13. The first kappa shape index (κ1) is 9.59. The fourth-order valence-corrected chi connectivity index (χ4v) is 0.683. The Morgan fingerprint density at radius 3 is 2.46 bits per heavy atom. The highest BCUT2D eigenvalue weighted by Gasteiger charge is 2.35. The van der Waals surface area contributed by atoms with Gasteiger partial charge in [-0.3, -0.25) is 10.2 Å². The molecule has 0 atom stereocenters. The van der Waals surface area contributed by atoms with Gasteiger partial charge in [-0.25, -0.2) is 5.84 Å². The molecule has 1 amide bonds. The van der Waals surface area contributed by atoms with E-state index in [1.165, 1.54) is 0 Å². The summed E-state index contributed by atoms with van der Waals surface area (Å²) in [6.45, 7) is 0. The summed E-state index contributed by atoms with van der Waals surface area (Å²) in [5.74, 6) is 2.07. The smallest absolute Gasteiger partial charge is 0.446 e. The summed E-state index contributed by atoms with van der Waals surface area (Å²) in [4.78, 5) is 10.7. The van der Waals surface area contributed by atoms with Crippen LogP contribution in [0.3, 0.4) is 0 Å². The minimum Gasteiger partial charge on any atom is -0.446 e. The highest BCUT2D eigenvalue weighted by atomic mass is 19.4. The van der Waals surface area contributed by atoms with Crippen LogP contribution in [-0.4, -0.2) is 5.91 Å². The van der Waals surface area contributed by atoms with E-state index in [0.29, 0.717) is 6.07 Å². The number of nitrogens with two attached hydrogens (primary N) is 1. The molecule has 72 valence electrons. The third kappa shape index (κ3) is 2.00. The number of hydrogen-bond donors (Lipinski definition) is 2. The second-order valence-electron chi connectivity index (χ2n) is 2.14.